The van der Waals surface area contributed by atoms with Crippen molar-refractivity contribution in [2.45, 2.75) is 168 Å². The quantitative estimate of drug-likeness (QED) is 0.0160. The number of carbonyl (C=O) groups is 3. The average molecular weight is 763 g/mol. The number of hydrogen-bond donors (Lipinski definition) is 2. The number of phosphoric ester groups is 1. The van der Waals surface area contributed by atoms with Crippen LogP contribution in [-0.4, -0.2) is 46.8 Å². The minimum atomic E-state index is -4.81. The van der Waals surface area contributed by atoms with Gasteiger partial charge in [-0.1, -0.05) is 138 Å². The van der Waals surface area contributed by atoms with Crippen LogP contribution in [0.5, 0.6) is 0 Å². The van der Waals surface area contributed by atoms with Crippen molar-refractivity contribution in [2.75, 3.05) is 13.2 Å². The second-order valence-electron chi connectivity index (χ2n) is 13.3. The Labute approximate surface area is 321 Å². The van der Waals surface area contributed by atoms with E-state index < -0.39 is 39.1 Å². The van der Waals surface area contributed by atoms with E-state index in [1.807, 2.05) is 12.2 Å². The lowest BCUT2D eigenvalue weighted by Crippen LogP contribution is -2.29. The first-order valence-electron chi connectivity index (χ1n) is 20.2. The Bertz CT molecular complexity index is 1150. The van der Waals surface area contributed by atoms with Crippen LogP contribution in [0.2, 0.25) is 0 Å². The summed E-state index contributed by atoms with van der Waals surface area (Å²) in [6.07, 6.45) is 44.8. The zero-order chi connectivity index (χ0) is 39.1. The molecule has 0 aliphatic heterocycles. The average Bonchev–Trinajstić information content (AvgIpc) is 3.12. The van der Waals surface area contributed by atoms with E-state index in [1.54, 1.807) is 6.08 Å². The van der Waals surface area contributed by atoms with Crippen molar-refractivity contribution in [1.82, 2.24) is 0 Å². The molecule has 0 rings (SSSR count). The molecule has 0 aliphatic carbocycles. The molecule has 0 aromatic rings. The number of hydrogen-bond acceptors (Lipinski definition) is 7. The second-order valence-corrected chi connectivity index (χ2v) is 14.5. The maximum Gasteiger partial charge on any atom is 0.469 e. The lowest BCUT2D eigenvalue weighted by atomic mass is 10.1. The number of phosphoric acid groups is 1. The van der Waals surface area contributed by atoms with Gasteiger partial charge >= 0.3 is 19.8 Å². The highest BCUT2D eigenvalue weighted by atomic mass is 31.2. The maximum atomic E-state index is 12.4. The second kappa shape index (κ2) is 37.5. The van der Waals surface area contributed by atoms with E-state index >= 15 is 0 Å². The molecule has 0 bridgehead atoms. The highest BCUT2D eigenvalue weighted by Crippen LogP contribution is 2.36. The minimum Gasteiger partial charge on any atom is -0.462 e. The minimum absolute atomic E-state index is 0.0270. The van der Waals surface area contributed by atoms with Crippen LogP contribution >= 0.6 is 7.82 Å². The molecule has 0 saturated heterocycles. The van der Waals surface area contributed by atoms with Gasteiger partial charge in [0.25, 0.3) is 0 Å². The number of carbonyl (C=O) groups excluding carboxylic acids is 3. The molecule has 0 aromatic carbocycles. The van der Waals surface area contributed by atoms with Gasteiger partial charge in [0.05, 0.1) is 6.61 Å². The van der Waals surface area contributed by atoms with Gasteiger partial charge in [0.1, 0.15) is 6.61 Å². The fraction of sp³-hybridized carbons (Fsp3) is 0.651. The van der Waals surface area contributed by atoms with Gasteiger partial charge in [-0.2, -0.15) is 0 Å². The van der Waals surface area contributed by atoms with E-state index in [1.165, 1.54) is 63.9 Å². The lowest BCUT2D eigenvalue weighted by molar-refractivity contribution is -0.161. The summed E-state index contributed by atoms with van der Waals surface area (Å²) < 4.78 is 26.2. The third-order valence-corrected chi connectivity index (χ3v) is 8.66. The molecule has 10 heteroatoms. The summed E-state index contributed by atoms with van der Waals surface area (Å²) in [6.45, 7) is 3.40. The van der Waals surface area contributed by atoms with Gasteiger partial charge in [0.2, 0.25) is 0 Å². The predicted molar refractivity (Wildman–Crippen MR) is 216 cm³/mol. The number of ether oxygens (including phenoxy) is 2. The van der Waals surface area contributed by atoms with E-state index in [0.717, 1.165) is 57.8 Å². The van der Waals surface area contributed by atoms with E-state index in [2.05, 4.69) is 67.0 Å². The first kappa shape index (κ1) is 50.2. The molecule has 302 valence electrons. The largest absolute Gasteiger partial charge is 0.469 e. The summed E-state index contributed by atoms with van der Waals surface area (Å²) >= 11 is 0. The van der Waals surface area contributed by atoms with Crippen molar-refractivity contribution < 1.29 is 42.7 Å². The van der Waals surface area contributed by atoms with Gasteiger partial charge in [0.15, 0.2) is 11.9 Å². The fourth-order valence-electron chi connectivity index (χ4n) is 5.12. The first-order chi connectivity index (χ1) is 25.7. The van der Waals surface area contributed by atoms with Crippen LogP contribution in [0.4, 0.5) is 0 Å². The highest BCUT2D eigenvalue weighted by molar-refractivity contribution is 7.46. The molecule has 0 aliphatic rings. The third kappa shape index (κ3) is 40.2. The third-order valence-electron chi connectivity index (χ3n) is 8.17. The van der Waals surface area contributed by atoms with Crippen molar-refractivity contribution in [3.05, 3.63) is 72.9 Å². The summed E-state index contributed by atoms with van der Waals surface area (Å²) in [5.74, 6) is -1.27. The molecule has 0 heterocycles. The van der Waals surface area contributed by atoms with Gasteiger partial charge in [-0.05, 0) is 76.7 Å². The Morgan fingerprint density at radius 2 is 1.04 bits per heavy atom. The van der Waals surface area contributed by atoms with Crippen LogP contribution in [0.15, 0.2) is 72.9 Å². The van der Waals surface area contributed by atoms with Gasteiger partial charge in [0, 0.05) is 19.3 Å². The summed E-state index contributed by atoms with van der Waals surface area (Å²) in [6, 6.07) is 0. The normalized spacial score (nSPS) is 13.1. The summed E-state index contributed by atoms with van der Waals surface area (Å²) in [5, 5.41) is 0. The topological polar surface area (TPSA) is 136 Å². The predicted octanol–water partition coefficient (Wildman–Crippen LogP) is 11.5. The number of unbranched alkanes of at least 4 members (excludes halogenated alkanes) is 13. The molecule has 0 fully saturated rings. The Kier molecular flexibility index (Phi) is 35.5. The molecule has 0 radical (unpaired) electrons. The zero-order valence-electron chi connectivity index (χ0n) is 32.9. The molecule has 1 atom stereocenters. The van der Waals surface area contributed by atoms with Crippen molar-refractivity contribution in [3.63, 3.8) is 0 Å². The summed E-state index contributed by atoms with van der Waals surface area (Å²) in [4.78, 5) is 54.9. The van der Waals surface area contributed by atoms with Gasteiger partial charge in [-0.25, -0.2) is 4.57 Å². The molecular formula is C43H71O9P. The van der Waals surface area contributed by atoms with Crippen LogP contribution in [0.3, 0.4) is 0 Å². The van der Waals surface area contributed by atoms with Crippen molar-refractivity contribution in [2.24, 2.45) is 0 Å². The van der Waals surface area contributed by atoms with Crippen LogP contribution in [0.1, 0.15) is 162 Å². The number of ketones is 1. The van der Waals surface area contributed by atoms with E-state index in [4.69, 9.17) is 19.3 Å². The number of allylic oxidation sites excluding steroid dienone is 12. The van der Waals surface area contributed by atoms with Gasteiger partial charge in [-0.15, -0.1) is 0 Å². The molecule has 9 nitrogen and oxygen atoms in total. The summed E-state index contributed by atoms with van der Waals surface area (Å²) in [5.41, 5.74) is 0. The zero-order valence-corrected chi connectivity index (χ0v) is 33.8. The van der Waals surface area contributed by atoms with E-state index in [9.17, 15) is 18.9 Å². The van der Waals surface area contributed by atoms with Gasteiger partial charge < -0.3 is 19.3 Å². The Balaban J connectivity index is 4.16. The molecule has 0 amide bonds. The van der Waals surface area contributed by atoms with Crippen molar-refractivity contribution in [1.29, 1.82) is 0 Å². The van der Waals surface area contributed by atoms with E-state index in [-0.39, 0.29) is 31.5 Å². The maximum absolute atomic E-state index is 12.4. The lowest BCUT2D eigenvalue weighted by Gasteiger charge is -2.18. The molecular weight excluding hydrogens is 691 g/mol. The Morgan fingerprint density at radius 3 is 1.60 bits per heavy atom. The van der Waals surface area contributed by atoms with Gasteiger partial charge in [-0.3, -0.25) is 18.9 Å². The van der Waals surface area contributed by atoms with Crippen LogP contribution in [0.25, 0.3) is 0 Å². The van der Waals surface area contributed by atoms with E-state index in [0.29, 0.717) is 6.42 Å². The van der Waals surface area contributed by atoms with Crippen molar-refractivity contribution >= 4 is 25.5 Å². The standard InChI is InChI=1S/C43H71O9P/c1-3-5-7-9-11-13-15-17-18-19-20-22-24-26-28-30-32-36-43(46)52-41(39-51-53(47,48)49)38-50-42(45)37-33-35-40(44)34-31-29-27-25-23-21-16-14-12-10-8-6-4-2/h11-14,17-18,21,23,27,29,31,34,41H,3-10,15-16,19-20,22,24-26,28,30,32-33,35-39H2,1-2H3,(H2,47,48,49)/b13-11-,14-12-,18-17-,23-21-,29-27-,34-31+/t41-/m1/s1. The molecule has 0 saturated carbocycles. The SMILES string of the molecule is CCCCC/C=C\C/C=C\C/C=C\C=C\C(=O)CCCC(=O)OC[C@H](COP(=O)(O)O)OC(=O)CCCCCCCCC/C=C\C/C=C\CCCCC. The van der Waals surface area contributed by atoms with Crippen LogP contribution in [0, 0.1) is 0 Å². The van der Waals surface area contributed by atoms with Crippen molar-refractivity contribution in [3.8, 4) is 0 Å². The number of esters is 2. The fourth-order valence-corrected chi connectivity index (χ4v) is 5.48. The smallest absolute Gasteiger partial charge is 0.462 e. The first-order valence-corrected chi connectivity index (χ1v) is 21.7. The molecule has 0 spiro atoms. The Morgan fingerprint density at radius 1 is 0.547 bits per heavy atom. The Hall–Kier alpha value is -2.84. The molecule has 0 unspecified atom stereocenters. The molecule has 0 aromatic heterocycles. The number of rotatable bonds is 36. The summed E-state index contributed by atoms with van der Waals surface area (Å²) in [7, 11) is -4.81. The molecule has 53 heavy (non-hydrogen) atoms. The highest BCUT2D eigenvalue weighted by Gasteiger charge is 2.23. The van der Waals surface area contributed by atoms with Crippen LogP contribution in [-0.2, 0) is 32.9 Å². The van der Waals surface area contributed by atoms with Crippen LogP contribution < -0.4 is 0 Å². The molecule has 2 N–H and O–H groups in total. The monoisotopic (exact) mass is 762 g/mol.